The second-order valence-electron chi connectivity index (χ2n) is 6.83. The monoisotopic (exact) mass is 349 g/mol. The van der Waals surface area contributed by atoms with Crippen LogP contribution in [0.25, 0.3) is 0 Å². The number of nitro groups is 1. The molecule has 0 unspecified atom stereocenters. The van der Waals surface area contributed by atoms with Gasteiger partial charge in [0.15, 0.2) is 0 Å². The van der Waals surface area contributed by atoms with Crippen LogP contribution in [0.15, 0.2) is 48.6 Å². The number of hydrogen-bond donors (Lipinski definition) is 1. The van der Waals surface area contributed by atoms with Gasteiger partial charge in [0, 0.05) is 17.7 Å². The van der Waals surface area contributed by atoms with Crippen molar-refractivity contribution in [2.75, 3.05) is 5.32 Å². The molecule has 0 radical (unpaired) electrons. The van der Waals surface area contributed by atoms with Gasteiger partial charge in [-0.25, -0.2) is 0 Å². The van der Waals surface area contributed by atoms with Gasteiger partial charge >= 0.3 is 0 Å². The highest BCUT2D eigenvalue weighted by molar-refractivity contribution is 5.85. The molecule has 4 rings (SSSR count). The first kappa shape index (κ1) is 16.3. The number of carboxylic acids is 1. The highest BCUT2D eigenvalue weighted by Gasteiger charge is 2.42. The van der Waals surface area contributed by atoms with Gasteiger partial charge in [0.2, 0.25) is 0 Å². The predicted octanol–water partition coefficient (Wildman–Crippen LogP) is 3.09. The van der Waals surface area contributed by atoms with Gasteiger partial charge in [0.25, 0.3) is 5.69 Å². The first-order chi connectivity index (χ1) is 12.5. The van der Waals surface area contributed by atoms with Crippen LogP contribution in [0, 0.1) is 23.0 Å². The van der Waals surface area contributed by atoms with Crippen molar-refractivity contribution >= 4 is 17.3 Å². The predicted molar refractivity (Wildman–Crippen MR) is 95.0 cm³/mol. The van der Waals surface area contributed by atoms with Crippen LogP contribution in [0.3, 0.4) is 0 Å². The highest BCUT2D eigenvalue weighted by atomic mass is 16.6. The minimum atomic E-state index is -1.20. The Morgan fingerprint density at radius 2 is 1.92 bits per heavy atom. The van der Waals surface area contributed by atoms with Gasteiger partial charge in [-0.15, -0.1) is 0 Å². The van der Waals surface area contributed by atoms with E-state index in [0.29, 0.717) is 0 Å². The SMILES string of the molecule is Cc1ccc([N+](=O)[O-])c2c1N[C@H](c1ccc(C(=O)[O-])cc1)[C@H]1CC=C[C@@H]21. The summed E-state index contributed by atoms with van der Waals surface area (Å²) in [5.41, 5.74) is 3.76. The number of carbonyl (C=O) groups is 1. The van der Waals surface area contributed by atoms with E-state index in [1.807, 2.05) is 6.92 Å². The Morgan fingerprint density at radius 3 is 2.58 bits per heavy atom. The zero-order chi connectivity index (χ0) is 18.4. The number of anilines is 1. The third kappa shape index (κ3) is 2.45. The third-order valence-electron chi connectivity index (χ3n) is 5.41. The molecule has 132 valence electrons. The fraction of sp³-hybridized carbons (Fsp3) is 0.250. The maximum atomic E-state index is 11.5. The summed E-state index contributed by atoms with van der Waals surface area (Å²) in [4.78, 5) is 22.2. The normalized spacial score (nSPS) is 23.0. The summed E-state index contributed by atoms with van der Waals surface area (Å²) in [5, 5.41) is 26.0. The van der Waals surface area contributed by atoms with Crippen LogP contribution < -0.4 is 10.4 Å². The van der Waals surface area contributed by atoms with E-state index in [0.717, 1.165) is 28.8 Å². The number of benzene rings is 2. The number of rotatable bonds is 3. The molecular weight excluding hydrogens is 332 g/mol. The summed E-state index contributed by atoms with van der Waals surface area (Å²) in [7, 11) is 0. The van der Waals surface area contributed by atoms with Crippen molar-refractivity contribution in [2.24, 2.45) is 5.92 Å². The van der Waals surface area contributed by atoms with Crippen molar-refractivity contribution in [3.63, 3.8) is 0 Å². The van der Waals surface area contributed by atoms with Crippen molar-refractivity contribution in [3.05, 3.63) is 80.9 Å². The number of hydrogen-bond acceptors (Lipinski definition) is 5. The molecule has 1 aliphatic carbocycles. The zero-order valence-electron chi connectivity index (χ0n) is 14.1. The van der Waals surface area contributed by atoms with Gasteiger partial charge in [0.05, 0.1) is 22.5 Å². The molecule has 0 aromatic heterocycles. The lowest BCUT2D eigenvalue weighted by Crippen LogP contribution is -2.30. The Morgan fingerprint density at radius 1 is 1.19 bits per heavy atom. The van der Waals surface area contributed by atoms with Crippen LogP contribution in [0.2, 0.25) is 0 Å². The largest absolute Gasteiger partial charge is 0.545 e. The molecule has 1 heterocycles. The van der Waals surface area contributed by atoms with Crippen LogP contribution >= 0.6 is 0 Å². The van der Waals surface area contributed by atoms with E-state index in [9.17, 15) is 20.0 Å². The quantitative estimate of drug-likeness (QED) is 0.522. The number of allylic oxidation sites excluding steroid dienone is 2. The van der Waals surface area contributed by atoms with E-state index < -0.39 is 5.97 Å². The van der Waals surface area contributed by atoms with E-state index in [4.69, 9.17) is 0 Å². The lowest BCUT2D eigenvalue weighted by Gasteiger charge is -2.38. The summed E-state index contributed by atoms with van der Waals surface area (Å²) in [6.45, 7) is 1.94. The summed E-state index contributed by atoms with van der Waals surface area (Å²) >= 11 is 0. The van der Waals surface area contributed by atoms with Gasteiger partial charge in [0.1, 0.15) is 0 Å². The lowest BCUT2D eigenvalue weighted by atomic mass is 9.75. The summed E-state index contributed by atoms with van der Waals surface area (Å²) in [5.74, 6) is -1.08. The van der Waals surface area contributed by atoms with Crippen LogP contribution in [-0.4, -0.2) is 10.9 Å². The molecule has 0 spiro atoms. The van der Waals surface area contributed by atoms with Crippen molar-refractivity contribution in [3.8, 4) is 0 Å². The highest BCUT2D eigenvalue weighted by Crippen LogP contribution is 2.53. The summed E-state index contributed by atoms with van der Waals surface area (Å²) in [6, 6.07) is 9.96. The molecule has 3 atom stereocenters. The number of aromatic carboxylic acids is 1. The topological polar surface area (TPSA) is 95.3 Å². The van der Waals surface area contributed by atoms with Gasteiger partial charge in [-0.1, -0.05) is 42.5 Å². The number of nitrogens with zero attached hydrogens (tertiary/aromatic N) is 1. The molecule has 0 bridgehead atoms. The molecule has 0 saturated carbocycles. The van der Waals surface area contributed by atoms with Gasteiger partial charge in [-0.2, -0.15) is 0 Å². The maximum absolute atomic E-state index is 11.5. The van der Waals surface area contributed by atoms with E-state index in [-0.39, 0.29) is 34.1 Å². The first-order valence-corrected chi connectivity index (χ1v) is 8.49. The molecule has 0 saturated heterocycles. The van der Waals surface area contributed by atoms with Crippen LogP contribution in [0.5, 0.6) is 0 Å². The molecular formula is C20H17N2O4-. The summed E-state index contributed by atoms with van der Waals surface area (Å²) in [6.07, 6.45) is 4.94. The Labute approximate surface area is 150 Å². The lowest BCUT2D eigenvalue weighted by molar-refractivity contribution is -0.385. The average Bonchev–Trinajstić information content (AvgIpc) is 3.11. The fourth-order valence-electron chi connectivity index (χ4n) is 4.15. The Bertz CT molecular complexity index is 934. The molecule has 26 heavy (non-hydrogen) atoms. The maximum Gasteiger partial charge on any atom is 0.275 e. The molecule has 6 heteroatoms. The Balaban J connectivity index is 1.81. The molecule has 2 aromatic rings. The van der Waals surface area contributed by atoms with E-state index >= 15 is 0 Å². The molecule has 2 aromatic carbocycles. The van der Waals surface area contributed by atoms with Crippen LogP contribution in [0.1, 0.15) is 45.4 Å². The van der Waals surface area contributed by atoms with Gasteiger partial charge in [-0.05, 0) is 36.0 Å². The van der Waals surface area contributed by atoms with E-state index in [1.54, 1.807) is 36.4 Å². The summed E-state index contributed by atoms with van der Waals surface area (Å²) < 4.78 is 0. The second kappa shape index (κ2) is 5.98. The molecule has 2 aliphatic rings. The number of nitrogens with one attached hydrogen (secondary N) is 1. The van der Waals surface area contributed by atoms with Crippen LogP contribution in [-0.2, 0) is 0 Å². The average molecular weight is 349 g/mol. The molecule has 6 nitrogen and oxygen atoms in total. The number of carboxylic acid groups (broad SMARTS) is 1. The van der Waals surface area contributed by atoms with Crippen molar-refractivity contribution in [2.45, 2.75) is 25.3 Å². The van der Waals surface area contributed by atoms with Gasteiger partial charge in [-0.3, -0.25) is 10.1 Å². The molecule has 0 fully saturated rings. The first-order valence-electron chi connectivity index (χ1n) is 8.49. The van der Waals surface area contributed by atoms with E-state index in [1.165, 1.54) is 0 Å². The van der Waals surface area contributed by atoms with Crippen LogP contribution in [0.4, 0.5) is 11.4 Å². The molecule has 1 N–H and O–H groups in total. The fourth-order valence-corrected chi connectivity index (χ4v) is 4.15. The standard InChI is InChI=1S/C20H18N2O4/c1-11-5-10-16(22(25)26)17-14-3-2-4-15(14)19(21-18(11)17)12-6-8-13(9-7-12)20(23)24/h2-3,5-10,14-15,19,21H,4H2,1H3,(H,23,24)/p-1/t14-,15+,19-/m1/s1. The Kier molecular flexibility index (Phi) is 3.76. The number of carbonyl (C=O) groups excluding carboxylic acids is 1. The number of aryl methyl sites for hydroxylation is 1. The van der Waals surface area contributed by atoms with E-state index in [2.05, 4.69) is 17.5 Å². The smallest absolute Gasteiger partial charge is 0.275 e. The minimum absolute atomic E-state index is 0.0302. The zero-order valence-corrected chi connectivity index (χ0v) is 14.1. The molecule has 0 amide bonds. The van der Waals surface area contributed by atoms with Gasteiger partial charge < -0.3 is 15.2 Å². The minimum Gasteiger partial charge on any atom is -0.545 e. The molecule has 1 aliphatic heterocycles. The van der Waals surface area contributed by atoms with Crippen molar-refractivity contribution < 1.29 is 14.8 Å². The third-order valence-corrected chi connectivity index (χ3v) is 5.41. The second-order valence-corrected chi connectivity index (χ2v) is 6.83. The van der Waals surface area contributed by atoms with Crippen molar-refractivity contribution in [1.82, 2.24) is 0 Å². The van der Waals surface area contributed by atoms with Crippen molar-refractivity contribution in [1.29, 1.82) is 0 Å². The number of nitro benzene ring substituents is 1. The Hall–Kier alpha value is -3.15. The number of fused-ring (bicyclic) bond motifs is 3.